The minimum absolute atomic E-state index is 0.0754. The van der Waals surface area contributed by atoms with Gasteiger partial charge < -0.3 is 4.74 Å². The number of nitro benzene ring substituents is 1. The monoisotopic (exact) mass is 298 g/mol. The third-order valence-electron chi connectivity index (χ3n) is 2.76. The average Bonchev–Trinajstić information content (AvgIpc) is 2.38. The lowest BCUT2D eigenvalue weighted by molar-refractivity contribution is -0.385. The smallest absolute Gasteiger partial charge is 0.320 e. The SMILES string of the molecule is CCCN(CC(=O)OCC)Cc1cc(F)cc([N+](=O)[O-])c1. The van der Waals surface area contributed by atoms with Crippen molar-refractivity contribution in [2.24, 2.45) is 0 Å². The van der Waals surface area contributed by atoms with E-state index in [4.69, 9.17) is 4.74 Å². The highest BCUT2D eigenvalue weighted by molar-refractivity contribution is 5.71. The summed E-state index contributed by atoms with van der Waals surface area (Å²) in [4.78, 5) is 23.4. The van der Waals surface area contributed by atoms with Crippen LogP contribution in [0.4, 0.5) is 10.1 Å². The summed E-state index contributed by atoms with van der Waals surface area (Å²) in [5.41, 5.74) is 0.164. The summed E-state index contributed by atoms with van der Waals surface area (Å²) in [5.74, 6) is -1.02. The molecular formula is C14H19FN2O4. The van der Waals surface area contributed by atoms with Crippen molar-refractivity contribution in [3.05, 3.63) is 39.7 Å². The van der Waals surface area contributed by atoms with Crippen LogP contribution in [0.5, 0.6) is 0 Å². The van der Waals surface area contributed by atoms with E-state index in [0.29, 0.717) is 18.7 Å². The molecule has 1 aromatic rings. The normalized spacial score (nSPS) is 10.7. The van der Waals surface area contributed by atoms with Gasteiger partial charge in [0.15, 0.2) is 0 Å². The molecule has 0 saturated heterocycles. The van der Waals surface area contributed by atoms with Gasteiger partial charge in [0.2, 0.25) is 0 Å². The number of hydrogen-bond donors (Lipinski definition) is 0. The van der Waals surface area contributed by atoms with E-state index in [0.717, 1.165) is 12.5 Å². The summed E-state index contributed by atoms with van der Waals surface area (Å²) in [7, 11) is 0. The van der Waals surface area contributed by atoms with E-state index < -0.39 is 10.7 Å². The summed E-state index contributed by atoms with van der Waals surface area (Å²) in [6.45, 7) is 4.91. The van der Waals surface area contributed by atoms with Gasteiger partial charge in [-0.05, 0) is 31.5 Å². The van der Waals surface area contributed by atoms with E-state index in [-0.39, 0.29) is 24.7 Å². The predicted molar refractivity (Wildman–Crippen MR) is 75.3 cm³/mol. The molecule has 7 heteroatoms. The highest BCUT2D eigenvalue weighted by Crippen LogP contribution is 2.17. The molecule has 0 saturated carbocycles. The summed E-state index contributed by atoms with van der Waals surface area (Å²) in [6.07, 6.45) is 0.802. The van der Waals surface area contributed by atoms with Crippen LogP contribution in [0.25, 0.3) is 0 Å². The zero-order valence-electron chi connectivity index (χ0n) is 12.2. The van der Waals surface area contributed by atoms with Crippen molar-refractivity contribution in [2.45, 2.75) is 26.8 Å². The van der Waals surface area contributed by atoms with Gasteiger partial charge in [0.05, 0.1) is 24.1 Å². The van der Waals surface area contributed by atoms with Crippen LogP contribution in [0.3, 0.4) is 0 Å². The maximum Gasteiger partial charge on any atom is 0.320 e. The van der Waals surface area contributed by atoms with Gasteiger partial charge in [0, 0.05) is 12.6 Å². The Morgan fingerprint density at radius 3 is 2.67 bits per heavy atom. The maximum absolute atomic E-state index is 13.4. The molecule has 0 fully saturated rings. The number of non-ortho nitro benzene ring substituents is 1. The van der Waals surface area contributed by atoms with Crippen molar-refractivity contribution in [2.75, 3.05) is 19.7 Å². The minimum atomic E-state index is -0.660. The van der Waals surface area contributed by atoms with Crippen LogP contribution >= 0.6 is 0 Å². The minimum Gasteiger partial charge on any atom is -0.465 e. The molecule has 0 atom stereocenters. The van der Waals surface area contributed by atoms with Crippen molar-refractivity contribution in [1.29, 1.82) is 0 Å². The van der Waals surface area contributed by atoms with Gasteiger partial charge in [0.1, 0.15) is 5.82 Å². The molecule has 1 rings (SSSR count). The highest BCUT2D eigenvalue weighted by atomic mass is 19.1. The van der Waals surface area contributed by atoms with Crippen molar-refractivity contribution in [3.8, 4) is 0 Å². The van der Waals surface area contributed by atoms with Crippen LogP contribution in [-0.2, 0) is 16.1 Å². The number of nitro groups is 1. The topological polar surface area (TPSA) is 72.7 Å². The molecule has 0 aliphatic rings. The van der Waals surface area contributed by atoms with E-state index in [2.05, 4.69) is 0 Å². The molecule has 116 valence electrons. The third kappa shape index (κ3) is 5.86. The van der Waals surface area contributed by atoms with E-state index >= 15 is 0 Å². The molecule has 0 amide bonds. The molecule has 0 unspecified atom stereocenters. The predicted octanol–water partition coefficient (Wildman–Crippen LogP) is 2.51. The first-order valence-electron chi connectivity index (χ1n) is 6.78. The lowest BCUT2D eigenvalue weighted by atomic mass is 10.1. The summed E-state index contributed by atoms with van der Waals surface area (Å²) in [6, 6.07) is 3.43. The Bertz CT molecular complexity index is 508. The molecule has 0 heterocycles. The van der Waals surface area contributed by atoms with Crippen LogP contribution in [0.1, 0.15) is 25.8 Å². The van der Waals surface area contributed by atoms with Gasteiger partial charge >= 0.3 is 5.97 Å². The van der Waals surface area contributed by atoms with Crippen LogP contribution in [-0.4, -0.2) is 35.5 Å². The number of carbonyl (C=O) groups is 1. The Labute approximate surface area is 122 Å². The molecule has 21 heavy (non-hydrogen) atoms. The molecule has 0 aromatic heterocycles. The second kappa shape index (κ2) is 8.31. The fourth-order valence-electron chi connectivity index (χ4n) is 2.01. The fraction of sp³-hybridized carbons (Fsp3) is 0.500. The number of halogens is 1. The first kappa shape index (κ1) is 17.0. The van der Waals surface area contributed by atoms with Crippen molar-refractivity contribution in [1.82, 2.24) is 4.90 Å². The molecule has 0 spiro atoms. The van der Waals surface area contributed by atoms with Crippen molar-refractivity contribution < 1.29 is 18.8 Å². The molecule has 1 aromatic carbocycles. The Morgan fingerprint density at radius 2 is 2.10 bits per heavy atom. The maximum atomic E-state index is 13.4. The van der Waals surface area contributed by atoms with Gasteiger partial charge in [-0.3, -0.25) is 19.8 Å². The molecule has 0 N–H and O–H groups in total. The second-order valence-corrected chi connectivity index (χ2v) is 4.59. The number of carbonyl (C=O) groups excluding carboxylic acids is 1. The fourth-order valence-corrected chi connectivity index (χ4v) is 2.01. The Hall–Kier alpha value is -2.02. The molecule has 0 aliphatic heterocycles. The standard InChI is InChI=1S/C14H19FN2O4/c1-3-5-16(10-14(18)21-4-2)9-11-6-12(15)8-13(7-11)17(19)20/h6-8H,3-5,9-10H2,1-2H3. The lowest BCUT2D eigenvalue weighted by Crippen LogP contribution is -2.31. The first-order valence-corrected chi connectivity index (χ1v) is 6.78. The number of hydrogen-bond acceptors (Lipinski definition) is 5. The van der Waals surface area contributed by atoms with Crippen molar-refractivity contribution >= 4 is 11.7 Å². The lowest BCUT2D eigenvalue weighted by Gasteiger charge is -2.20. The molecular weight excluding hydrogens is 279 g/mol. The molecule has 0 radical (unpaired) electrons. The Morgan fingerprint density at radius 1 is 1.38 bits per heavy atom. The van der Waals surface area contributed by atoms with Gasteiger partial charge in [-0.1, -0.05) is 6.92 Å². The third-order valence-corrected chi connectivity index (χ3v) is 2.76. The van der Waals surface area contributed by atoms with E-state index in [1.165, 1.54) is 12.1 Å². The number of benzene rings is 1. The highest BCUT2D eigenvalue weighted by Gasteiger charge is 2.15. The summed E-state index contributed by atoms with van der Waals surface area (Å²) in [5, 5.41) is 10.7. The van der Waals surface area contributed by atoms with Gasteiger partial charge in [-0.2, -0.15) is 0 Å². The van der Waals surface area contributed by atoms with Gasteiger partial charge in [-0.15, -0.1) is 0 Å². The number of ether oxygens (including phenoxy) is 1. The van der Waals surface area contributed by atoms with Crippen molar-refractivity contribution in [3.63, 3.8) is 0 Å². The number of rotatable bonds is 8. The van der Waals surface area contributed by atoms with Crippen LogP contribution < -0.4 is 0 Å². The molecule has 6 nitrogen and oxygen atoms in total. The Kier molecular flexibility index (Phi) is 6.74. The van der Waals surface area contributed by atoms with E-state index in [9.17, 15) is 19.3 Å². The molecule has 0 aliphatic carbocycles. The van der Waals surface area contributed by atoms with Gasteiger partial charge in [-0.25, -0.2) is 4.39 Å². The van der Waals surface area contributed by atoms with Gasteiger partial charge in [0.25, 0.3) is 5.69 Å². The zero-order valence-corrected chi connectivity index (χ0v) is 12.2. The van der Waals surface area contributed by atoms with Crippen LogP contribution in [0, 0.1) is 15.9 Å². The average molecular weight is 298 g/mol. The summed E-state index contributed by atoms with van der Waals surface area (Å²) >= 11 is 0. The van der Waals surface area contributed by atoms with E-state index in [1.807, 2.05) is 6.92 Å². The first-order chi connectivity index (χ1) is 9.96. The second-order valence-electron chi connectivity index (χ2n) is 4.59. The van der Waals surface area contributed by atoms with Crippen LogP contribution in [0.2, 0.25) is 0 Å². The largest absolute Gasteiger partial charge is 0.465 e. The van der Waals surface area contributed by atoms with Crippen LogP contribution in [0.15, 0.2) is 18.2 Å². The molecule has 0 bridgehead atoms. The summed E-state index contributed by atoms with van der Waals surface area (Å²) < 4.78 is 18.3. The number of nitrogens with zero attached hydrogens (tertiary/aromatic N) is 2. The zero-order chi connectivity index (χ0) is 15.8. The Balaban J connectivity index is 2.83. The quantitative estimate of drug-likeness (QED) is 0.419. The van der Waals surface area contributed by atoms with E-state index in [1.54, 1.807) is 11.8 Å². The number of esters is 1.